The number of carbonyl (C=O) groups is 2. The number of unbranched alkanes of at least 4 members (excludes halogenated alkanes) is 1. The summed E-state index contributed by atoms with van der Waals surface area (Å²) in [5.41, 5.74) is 7.32. The number of ether oxygens (including phenoxy) is 1. The molecule has 10 heteroatoms. The van der Waals surface area contributed by atoms with Gasteiger partial charge in [-0.2, -0.15) is 0 Å². The highest BCUT2D eigenvalue weighted by atomic mass is 33.1. The standard InChI is InChI=1S/C30H42N4O3S3/c1-30(2,3)37-29(36)34(21-22-8-6-9-23(20-22)32-28(31)26-11-7-18-38-26)24-13-16-33(17-14-24)27(35)12-5-4-10-25-15-19-39-40-25/h6-9,11,18,20,24-25H,4-5,10,12-17,19,21H2,1-3H3,(H2,31,32). The zero-order valence-corrected chi connectivity index (χ0v) is 26.3. The van der Waals surface area contributed by atoms with Gasteiger partial charge in [-0.3, -0.25) is 4.79 Å². The van der Waals surface area contributed by atoms with E-state index >= 15 is 0 Å². The van der Waals surface area contributed by atoms with Crippen LogP contribution in [0.4, 0.5) is 10.5 Å². The van der Waals surface area contributed by atoms with Gasteiger partial charge in [-0.25, -0.2) is 9.79 Å². The fourth-order valence-electron chi connectivity index (χ4n) is 5.00. The number of piperidine rings is 1. The molecule has 4 rings (SSSR count). The van der Waals surface area contributed by atoms with Crippen molar-refractivity contribution < 1.29 is 14.3 Å². The Balaban J connectivity index is 1.35. The fourth-order valence-corrected chi connectivity index (χ4v) is 8.66. The summed E-state index contributed by atoms with van der Waals surface area (Å²) in [6, 6.07) is 11.7. The third-order valence-corrected chi connectivity index (χ3v) is 11.0. The SMILES string of the molecule is CC(C)(C)OC(=O)N(Cc1cccc(N=C(N)c2cccs2)c1)C1CCN(C(=O)CCCCC2CCSS2)CC1. The zero-order chi connectivity index (χ0) is 28.5. The Morgan fingerprint density at radius 2 is 1.93 bits per heavy atom. The molecule has 2 aliphatic rings. The molecule has 1 unspecified atom stereocenters. The first kappa shape index (κ1) is 30.8. The summed E-state index contributed by atoms with van der Waals surface area (Å²) in [6.45, 7) is 7.40. The number of hydrogen-bond donors (Lipinski definition) is 1. The molecule has 2 N–H and O–H groups in total. The van der Waals surface area contributed by atoms with Crippen molar-refractivity contribution in [2.24, 2.45) is 10.7 Å². The number of benzene rings is 1. The number of hydrogen-bond acceptors (Lipinski definition) is 7. The van der Waals surface area contributed by atoms with Crippen LogP contribution in [0.5, 0.6) is 0 Å². The van der Waals surface area contributed by atoms with Crippen LogP contribution in [0.2, 0.25) is 0 Å². The van der Waals surface area contributed by atoms with E-state index in [4.69, 9.17) is 10.5 Å². The first-order valence-corrected chi connectivity index (χ1v) is 17.5. The Labute approximate surface area is 250 Å². The second-order valence-electron chi connectivity index (χ2n) is 11.4. The molecule has 0 aliphatic carbocycles. The van der Waals surface area contributed by atoms with Gasteiger partial charge in [0.25, 0.3) is 0 Å². The van der Waals surface area contributed by atoms with Crippen LogP contribution in [0.1, 0.15) is 76.2 Å². The largest absolute Gasteiger partial charge is 0.444 e. The predicted octanol–water partition coefficient (Wildman–Crippen LogP) is 7.23. The molecule has 2 aliphatic heterocycles. The Morgan fingerprint density at radius 3 is 2.60 bits per heavy atom. The lowest BCUT2D eigenvalue weighted by Crippen LogP contribution is -2.49. The zero-order valence-electron chi connectivity index (χ0n) is 23.8. The summed E-state index contributed by atoms with van der Waals surface area (Å²) in [4.78, 5) is 35.6. The van der Waals surface area contributed by atoms with E-state index in [1.165, 1.54) is 18.6 Å². The molecular formula is C30H42N4O3S3. The molecule has 2 aromatic rings. The number of amides is 2. The van der Waals surface area contributed by atoms with Crippen LogP contribution in [0.25, 0.3) is 0 Å². The molecular weight excluding hydrogens is 561 g/mol. The van der Waals surface area contributed by atoms with Crippen LogP contribution in [0, 0.1) is 0 Å². The van der Waals surface area contributed by atoms with E-state index in [0.29, 0.717) is 31.9 Å². The molecule has 2 amide bonds. The van der Waals surface area contributed by atoms with E-state index in [0.717, 1.165) is 47.1 Å². The van der Waals surface area contributed by atoms with Gasteiger partial charge < -0.3 is 20.3 Å². The fraction of sp³-hybridized carbons (Fsp3) is 0.567. The number of rotatable bonds is 10. The van der Waals surface area contributed by atoms with Crippen molar-refractivity contribution in [1.29, 1.82) is 0 Å². The molecule has 1 atom stereocenters. The van der Waals surface area contributed by atoms with E-state index in [9.17, 15) is 9.59 Å². The van der Waals surface area contributed by atoms with E-state index in [2.05, 4.69) is 4.99 Å². The average Bonchev–Trinajstić information content (AvgIpc) is 3.64. The minimum absolute atomic E-state index is 0.000799. The molecule has 7 nitrogen and oxygen atoms in total. The van der Waals surface area contributed by atoms with Gasteiger partial charge in [0, 0.05) is 43.1 Å². The molecule has 0 saturated carbocycles. The van der Waals surface area contributed by atoms with E-state index < -0.39 is 5.60 Å². The monoisotopic (exact) mass is 602 g/mol. The number of aliphatic imine (C=N–C) groups is 1. The summed E-state index contributed by atoms with van der Waals surface area (Å²) >= 11 is 1.55. The highest BCUT2D eigenvalue weighted by molar-refractivity contribution is 8.77. The summed E-state index contributed by atoms with van der Waals surface area (Å²) < 4.78 is 5.81. The molecule has 218 valence electrons. The summed E-state index contributed by atoms with van der Waals surface area (Å²) in [7, 11) is 3.98. The van der Waals surface area contributed by atoms with Gasteiger partial charge in [-0.1, -0.05) is 46.2 Å². The van der Waals surface area contributed by atoms with Crippen LogP contribution >= 0.6 is 32.9 Å². The molecule has 1 aromatic heterocycles. The van der Waals surface area contributed by atoms with Gasteiger partial charge in [0.05, 0.1) is 10.6 Å². The maximum atomic E-state index is 13.4. The Bertz CT molecular complexity index is 1140. The number of amidine groups is 1. The normalized spacial score (nSPS) is 18.6. The molecule has 2 fully saturated rings. The van der Waals surface area contributed by atoms with Crippen molar-refractivity contribution in [1.82, 2.24) is 9.80 Å². The topological polar surface area (TPSA) is 88.2 Å². The summed E-state index contributed by atoms with van der Waals surface area (Å²) in [5, 5.41) is 2.74. The maximum Gasteiger partial charge on any atom is 0.410 e. The second kappa shape index (κ2) is 14.6. The lowest BCUT2D eigenvalue weighted by atomic mass is 10.0. The van der Waals surface area contributed by atoms with Crippen molar-refractivity contribution in [3.63, 3.8) is 0 Å². The van der Waals surface area contributed by atoms with E-state index in [-0.39, 0.29) is 18.0 Å². The van der Waals surface area contributed by atoms with Gasteiger partial charge in [0.15, 0.2) is 0 Å². The minimum atomic E-state index is -0.594. The molecule has 40 heavy (non-hydrogen) atoms. The van der Waals surface area contributed by atoms with E-state index in [1.807, 2.05) is 93.9 Å². The van der Waals surface area contributed by atoms with Crippen LogP contribution in [-0.2, 0) is 16.1 Å². The molecule has 0 bridgehead atoms. The van der Waals surface area contributed by atoms with Gasteiger partial charge in [-0.05, 0) is 82.0 Å². The third-order valence-electron chi connectivity index (χ3n) is 7.07. The molecule has 2 saturated heterocycles. The quantitative estimate of drug-likeness (QED) is 0.134. The minimum Gasteiger partial charge on any atom is -0.444 e. The Kier molecular flexibility index (Phi) is 11.3. The first-order valence-electron chi connectivity index (χ1n) is 14.2. The molecule has 0 radical (unpaired) electrons. The van der Waals surface area contributed by atoms with Crippen molar-refractivity contribution in [2.75, 3.05) is 18.8 Å². The van der Waals surface area contributed by atoms with Gasteiger partial charge in [-0.15, -0.1) is 11.3 Å². The van der Waals surface area contributed by atoms with E-state index in [1.54, 1.807) is 11.3 Å². The number of carbonyl (C=O) groups excluding carboxylic acids is 2. The Hall–Kier alpha value is -2.17. The van der Waals surface area contributed by atoms with Crippen molar-refractivity contribution in [3.8, 4) is 0 Å². The number of nitrogens with zero attached hydrogens (tertiary/aromatic N) is 3. The maximum absolute atomic E-state index is 13.4. The molecule has 1 aromatic carbocycles. The summed E-state index contributed by atoms with van der Waals surface area (Å²) in [5.74, 6) is 1.97. The highest BCUT2D eigenvalue weighted by Crippen LogP contribution is 2.40. The lowest BCUT2D eigenvalue weighted by molar-refractivity contribution is -0.132. The number of nitrogens with two attached hydrogens (primary N) is 1. The van der Waals surface area contributed by atoms with Crippen LogP contribution in [0.15, 0.2) is 46.8 Å². The third kappa shape index (κ3) is 9.45. The van der Waals surface area contributed by atoms with Gasteiger partial charge in [0.1, 0.15) is 11.4 Å². The van der Waals surface area contributed by atoms with Gasteiger partial charge >= 0.3 is 6.09 Å². The van der Waals surface area contributed by atoms with Crippen LogP contribution < -0.4 is 5.73 Å². The summed E-state index contributed by atoms with van der Waals surface area (Å²) in [6.07, 6.45) is 6.36. The second-order valence-corrected chi connectivity index (χ2v) is 15.2. The van der Waals surface area contributed by atoms with Crippen LogP contribution in [0.3, 0.4) is 0 Å². The number of thiophene rings is 1. The first-order chi connectivity index (χ1) is 19.2. The van der Waals surface area contributed by atoms with Crippen molar-refractivity contribution >= 4 is 56.4 Å². The predicted molar refractivity (Wildman–Crippen MR) is 169 cm³/mol. The number of likely N-dealkylation sites (tertiary alicyclic amines) is 1. The highest BCUT2D eigenvalue weighted by Gasteiger charge is 2.32. The van der Waals surface area contributed by atoms with Crippen LogP contribution in [-0.4, -0.2) is 63.4 Å². The lowest BCUT2D eigenvalue weighted by Gasteiger charge is -2.39. The Morgan fingerprint density at radius 1 is 1.12 bits per heavy atom. The average molecular weight is 603 g/mol. The molecule has 3 heterocycles. The smallest absolute Gasteiger partial charge is 0.410 e. The van der Waals surface area contributed by atoms with Crippen molar-refractivity contribution in [2.45, 2.75) is 89.2 Å². The van der Waals surface area contributed by atoms with Crippen molar-refractivity contribution in [3.05, 3.63) is 52.2 Å². The van der Waals surface area contributed by atoms with Gasteiger partial charge in [0.2, 0.25) is 5.91 Å². The molecule has 0 spiro atoms.